The molecule has 1 rings (SSSR count). The fourth-order valence-corrected chi connectivity index (χ4v) is 3.72. The molecule has 0 amide bonds. The van der Waals surface area contributed by atoms with Crippen molar-refractivity contribution in [2.45, 2.75) is 26.2 Å². The van der Waals surface area contributed by atoms with Crippen LogP contribution in [0.2, 0.25) is 0 Å². The van der Waals surface area contributed by atoms with Crippen LogP contribution in [0.15, 0.2) is 30.3 Å². The van der Waals surface area contributed by atoms with Crippen LogP contribution in [0.4, 0.5) is 0 Å². The van der Waals surface area contributed by atoms with Crippen LogP contribution in [0, 0.1) is 5.92 Å². The lowest BCUT2D eigenvalue weighted by Crippen LogP contribution is -2.32. The zero-order valence-corrected chi connectivity index (χ0v) is 13.8. The SMILES string of the molecule is CC(CCl)CS(=O)(=O)N(C)CCCCc1ccccc1. The van der Waals surface area contributed by atoms with E-state index < -0.39 is 10.0 Å². The van der Waals surface area contributed by atoms with Gasteiger partial charge >= 0.3 is 0 Å². The van der Waals surface area contributed by atoms with Crippen molar-refractivity contribution in [2.75, 3.05) is 25.2 Å². The molecule has 0 aliphatic heterocycles. The van der Waals surface area contributed by atoms with Crippen molar-refractivity contribution in [1.82, 2.24) is 4.31 Å². The second-order valence-corrected chi connectivity index (χ2v) is 7.73. The number of sulfonamides is 1. The zero-order chi connectivity index (χ0) is 15.0. The third-order valence-electron chi connectivity index (χ3n) is 3.26. The van der Waals surface area contributed by atoms with Crippen molar-refractivity contribution in [1.29, 1.82) is 0 Å². The average molecular weight is 318 g/mol. The van der Waals surface area contributed by atoms with Gasteiger partial charge in [0.1, 0.15) is 0 Å². The van der Waals surface area contributed by atoms with Gasteiger partial charge in [0.15, 0.2) is 0 Å². The number of alkyl halides is 1. The summed E-state index contributed by atoms with van der Waals surface area (Å²) in [6.07, 6.45) is 2.86. The van der Waals surface area contributed by atoms with E-state index in [-0.39, 0.29) is 11.7 Å². The van der Waals surface area contributed by atoms with Crippen molar-refractivity contribution >= 4 is 21.6 Å². The Labute approximate surface area is 128 Å². The highest BCUT2D eigenvalue weighted by Gasteiger charge is 2.20. The highest BCUT2D eigenvalue weighted by molar-refractivity contribution is 7.89. The maximum atomic E-state index is 12.0. The minimum Gasteiger partial charge on any atom is -0.212 e. The lowest BCUT2D eigenvalue weighted by molar-refractivity contribution is 0.450. The van der Waals surface area contributed by atoms with Crippen LogP contribution in [-0.2, 0) is 16.4 Å². The molecule has 0 radical (unpaired) electrons. The molecule has 1 atom stereocenters. The normalized spacial score (nSPS) is 13.6. The zero-order valence-electron chi connectivity index (χ0n) is 12.3. The van der Waals surface area contributed by atoms with E-state index in [9.17, 15) is 8.42 Å². The van der Waals surface area contributed by atoms with Crippen LogP contribution in [0.1, 0.15) is 25.3 Å². The molecule has 1 unspecified atom stereocenters. The first kappa shape index (κ1) is 17.5. The predicted octanol–water partition coefficient (Wildman–Crippen LogP) is 3.15. The average Bonchev–Trinajstić information content (AvgIpc) is 2.43. The Balaban J connectivity index is 2.30. The molecule has 0 spiro atoms. The quantitative estimate of drug-likeness (QED) is 0.518. The van der Waals surface area contributed by atoms with Crippen LogP contribution < -0.4 is 0 Å². The van der Waals surface area contributed by atoms with Crippen molar-refractivity contribution in [3.8, 4) is 0 Å². The summed E-state index contributed by atoms with van der Waals surface area (Å²) in [5.74, 6) is 0.501. The Kier molecular flexibility index (Phi) is 7.56. The number of halogens is 1. The first-order valence-electron chi connectivity index (χ1n) is 6.99. The smallest absolute Gasteiger partial charge is 0.212 e. The summed E-state index contributed by atoms with van der Waals surface area (Å²) in [4.78, 5) is 0. The molecule has 5 heteroatoms. The van der Waals surface area contributed by atoms with Crippen LogP contribution in [0.5, 0.6) is 0 Å². The molecule has 3 nitrogen and oxygen atoms in total. The van der Waals surface area contributed by atoms with E-state index in [4.69, 9.17) is 11.6 Å². The maximum absolute atomic E-state index is 12.0. The van der Waals surface area contributed by atoms with Gasteiger partial charge in [-0.1, -0.05) is 37.3 Å². The summed E-state index contributed by atoms with van der Waals surface area (Å²) in [5.41, 5.74) is 1.30. The molecular formula is C15H24ClNO2S. The van der Waals surface area contributed by atoms with Crippen LogP contribution in [0.25, 0.3) is 0 Å². The molecule has 0 aliphatic rings. The summed E-state index contributed by atoms with van der Waals surface area (Å²) in [7, 11) is -1.52. The Morgan fingerprint density at radius 3 is 2.45 bits per heavy atom. The lowest BCUT2D eigenvalue weighted by atomic mass is 10.1. The molecule has 0 N–H and O–H groups in total. The number of benzene rings is 1. The van der Waals surface area contributed by atoms with Crippen molar-refractivity contribution < 1.29 is 8.42 Å². The molecule has 0 aliphatic carbocycles. The second-order valence-electron chi connectivity index (χ2n) is 5.30. The molecule has 0 heterocycles. The largest absolute Gasteiger partial charge is 0.214 e. The summed E-state index contributed by atoms with van der Waals surface area (Å²) in [6.45, 7) is 2.43. The Morgan fingerprint density at radius 1 is 1.20 bits per heavy atom. The molecule has 0 bridgehead atoms. The Bertz CT molecular complexity index is 476. The van der Waals surface area contributed by atoms with Gasteiger partial charge in [0.05, 0.1) is 5.75 Å². The van der Waals surface area contributed by atoms with E-state index in [1.165, 1.54) is 9.87 Å². The predicted molar refractivity (Wildman–Crippen MR) is 85.7 cm³/mol. The van der Waals surface area contributed by atoms with E-state index in [2.05, 4.69) is 12.1 Å². The van der Waals surface area contributed by atoms with Gasteiger partial charge in [-0.05, 0) is 30.7 Å². The fourth-order valence-electron chi connectivity index (χ4n) is 1.98. The van der Waals surface area contributed by atoms with Gasteiger partial charge in [-0.2, -0.15) is 0 Å². The number of nitrogens with zero attached hydrogens (tertiary/aromatic N) is 1. The summed E-state index contributed by atoms with van der Waals surface area (Å²) < 4.78 is 25.5. The minimum atomic E-state index is -3.17. The van der Waals surface area contributed by atoms with Crippen molar-refractivity contribution in [3.63, 3.8) is 0 Å². The van der Waals surface area contributed by atoms with Gasteiger partial charge in [-0.25, -0.2) is 12.7 Å². The van der Waals surface area contributed by atoms with Gasteiger partial charge < -0.3 is 0 Å². The standard InChI is InChI=1S/C15H24ClNO2S/c1-14(12-16)13-20(18,19)17(2)11-7-6-10-15-8-4-3-5-9-15/h3-5,8-9,14H,6-7,10-13H2,1-2H3. The fraction of sp³-hybridized carbons (Fsp3) is 0.600. The molecule has 1 aromatic rings. The molecule has 114 valence electrons. The molecular weight excluding hydrogens is 294 g/mol. The van der Waals surface area contributed by atoms with Crippen LogP contribution in [0.3, 0.4) is 0 Å². The molecule has 0 aromatic heterocycles. The van der Waals surface area contributed by atoms with E-state index in [0.29, 0.717) is 12.4 Å². The van der Waals surface area contributed by atoms with Crippen molar-refractivity contribution in [2.24, 2.45) is 5.92 Å². The monoisotopic (exact) mass is 317 g/mol. The first-order chi connectivity index (χ1) is 9.45. The van der Waals surface area contributed by atoms with Gasteiger partial charge in [0.25, 0.3) is 0 Å². The van der Waals surface area contributed by atoms with E-state index in [1.54, 1.807) is 7.05 Å². The topological polar surface area (TPSA) is 37.4 Å². The number of rotatable bonds is 9. The van der Waals surface area contributed by atoms with Crippen LogP contribution in [-0.4, -0.2) is 37.9 Å². The Hall–Kier alpha value is -0.580. The van der Waals surface area contributed by atoms with Crippen LogP contribution >= 0.6 is 11.6 Å². The molecule has 0 saturated heterocycles. The third kappa shape index (κ3) is 6.25. The number of unbranched alkanes of at least 4 members (excludes halogenated alkanes) is 1. The molecule has 0 saturated carbocycles. The highest BCUT2D eigenvalue weighted by Crippen LogP contribution is 2.10. The molecule has 0 fully saturated rings. The minimum absolute atomic E-state index is 0.00608. The Morgan fingerprint density at radius 2 is 1.85 bits per heavy atom. The number of aryl methyl sites for hydroxylation is 1. The summed E-state index contributed by atoms with van der Waals surface area (Å²) in [5, 5.41) is 0. The number of hydrogen-bond acceptors (Lipinski definition) is 2. The first-order valence-corrected chi connectivity index (χ1v) is 9.14. The van der Waals surface area contributed by atoms with E-state index in [0.717, 1.165) is 19.3 Å². The summed E-state index contributed by atoms with van der Waals surface area (Å²) >= 11 is 5.67. The molecule has 1 aromatic carbocycles. The van der Waals surface area contributed by atoms with Gasteiger partial charge in [0.2, 0.25) is 10.0 Å². The van der Waals surface area contributed by atoms with Gasteiger partial charge in [0, 0.05) is 19.5 Å². The molecule has 20 heavy (non-hydrogen) atoms. The van der Waals surface area contributed by atoms with Crippen molar-refractivity contribution in [3.05, 3.63) is 35.9 Å². The van der Waals surface area contributed by atoms with Gasteiger partial charge in [-0.15, -0.1) is 11.6 Å². The maximum Gasteiger partial charge on any atom is 0.214 e. The lowest BCUT2D eigenvalue weighted by Gasteiger charge is -2.19. The van der Waals surface area contributed by atoms with E-state index in [1.807, 2.05) is 25.1 Å². The van der Waals surface area contributed by atoms with E-state index >= 15 is 0 Å². The second kappa shape index (κ2) is 8.65. The number of hydrogen-bond donors (Lipinski definition) is 0. The summed E-state index contributed by atoms with van der Waals surface area (Å²) in [6, 6.07) is 10.3. The van der Waals surface area contributed by atoms with Gasteiger partial charge in [-0.3, -0.25) is 0 Å². The third-order valence-corrected chi connectivity index (χ3v) is 5.91. The highest BCUT2D eigenvalue weighted by atomic mass is 35.5.